The van der Waals surface area contributed by atoms with Gasteiger partial charge in [0.15, 0.2) is 0 Å². The van der Waals surface area contributed by atoms with Crippen molar-refractivity contribution in [3.63, 3.8) is 0 Å². The maximum absolute atomic E-state index is 4.17. The summed E-state index contributed by atoms with van der Waals surface area (Å²) in [5.74, 6) is 0.800. The Kier molecular flexibility index (Phi) is 3.73. The van der Waals surface area contributed by atoms with Crippen LogP contribution in [-0.4, -0.2) is 18.8 Å². The second kappa shape index (κ2) is 5.26. The monoisotopic (exact) mass is 219 g/mol. The number of benzene rings is 1. The van der Waals surface area contributed by atoms with Crippen molar-refractivity contribution in [1.82, 2.24) is 0 Å². The SMILES string of the molecule is SCC=Cc1cccc(N2CCCC2)c1. The van der Waals surface area contributed by atoms with Crippen LogP contribution < -0.4 is 4.90 Å². The molecule has 1 heterocycles. The van der Waals surface area contributed by atoms with Crippen LogP contribution in [0.5, 0.6) is 0 Å². The van der Waals surface area contributed by atoms with Gasteiger partial charge in [-0.15, -0.1) is 0 Å². The largest absolute Gasteiger partial charge is 0.372 e. The van der Waals surface area contributed by atoms with Gasteiger partial charge in [0.25, 0.3) is 0 Å². The molecular formula is C13H17NS. The van der Waals surface area contributed by atoms with Crippen LogP contribution in [-0.2, 0) is 0 Å². The van der Waals surface area contributed by atoms with E-state index in [1.165, 1.54) is 37.2 Å². The highest BCUT2D eigenvalue weighted by atomic mass is 32.1. The predicted octanol–water partition coefficient (Wildman–Crippen LogP) is 3.23. The molecule has 80 valence electrons. The maximum Gasteiger partial charge on any atom is 0.0372 e. The molecular weight excluding hydrogens is 202 g/mol. The lowest BCUT2D eigenvalue weighted by atomic mass is 10.2. The number of hydrogen-bond donors (Lipinski definition) is 1. The third-order valence-corrected chi connectivity index (χ3v) is 2.97. The van der Waals surface area contributed by atoms with E-state index in [0.717, 1.165) is 5.75 Å². The quantitative estimate of drug-likeness (QED) is 0.764. The lowest BCUT2D eigenvalue weighted by Crippen LogP contribution is -2.17. The number of hydrogen-bond acceptors (Lipinski definition) is 2. The van der Waals surface area contributed by atoms with Crippen molar-refractivity contribution in [1.29, 1.82) is 0 Å². The van der Waals surface area contributed by atoms with E-state index in [0.29, 0.717) is 0 Å². The minimum atomic E-state index is 0.800. The number of anilines is 1. The van der Waals surface area contributed by atoms with Gasteiger partial charge in [0.05, 0.1) is 0 Å². The summed E-state index contributed by atoms with van der Waals surface area (Å²) in [5, 5.41) is 0. The molecule has 0 amide bonds. The minimum absolute atomic E-state index is 0.800. The van der Waals surface area contributed by atoms with Crippen molar-refractivity contribution in [2.24, 2.45) is 0 Å². The van der Waals surface area contributed by atoms with Crippen LogP contribution in [0.25, 0.3) is 6.08 Å². The van der Waals surface area contributed by atoms with Crippen molar-refractivity contribution in [2.75, 3.05) is 23.7 Å². The normalized spacial score (nSPS) is 16.5. The second-order valence-corrected chi connectivity index (χ2v) is 4.24. The van der Waals surface area contributed by atoms with Crippen LogP contribution in [0.2, 0.25) is 0 Å². The molecule has 0 radical (unpaired) electrons. The Bertz CT molecular complexity index is 340. The molecule has 0 spiro atoms. The standard InChI is InChI=1S/C13H17NS/c15-10-4-6-12-5-3-7-13(11-12)14-8-1-2-9-14/h3-7,11,15H,1-2,8-10H2. The van der Waals surface area contributed by atoms with E-state index in [-0.39, 0.29) is 0 Å². The molecule has 0 saturated carbocycles. The Hall–Kier alpha value is -0.890. The summed E-state index contributed by atoms with van der Waals surface area (Å²) in [5.41, 5.74) is 2.63. The molecule has 1 fully saturated rings. The fourth-order valence-corrected chi connectivity index (χ4v) is 2.09. The zero-order chi connectivity index (χ0) is 10.5. The van der Waals surface area contributed by atoms with E-state index in [2.05, 4.69) is 53.9 Å². The van der Waals surface area contributed by atoms with Gasteiger partial charge in [0, 0.05) is 24.5 Å². The third kappa shape index (κ3) is 2.78. The van der Waals surface area contributed by atoms with Crippen molar-refractivity contribution in [3.8, 4) is 0 Å². The van der Waals surface area contributed by atoms with E-state index < -0.39 is 0 Å². The van der Waals surface area contributed by atoms with Gasteiger partial charge in [-0.3, -0.25) is 0 Å². The van der Waals surface area contributed by atoms with E-state index in [1.54, 1.807) is 0 Å². The summed E-state index contributed by atoms with van der Waals surface area (Å²) in [4.78, 5) is 2.46. The first kappa shape index (κ1) is 10.6. The Morgan fingerprint density at radius 3 is 2.80 bits per heavy atom. The van der Waals surface area contributed by atoms with Gasteiger partial charge >= 0.3 is 0 Å². The number of nitrogens with zero attached hydrogens (tertiary/aromatic N) is 1. The van der Waals surface area contributed by atoms with Crippen LogP contribution in [0, 0.1) is 0 Å². The van der Waals surface area contributed by atoms with Crippen molar-refractivity contribution >= 4 is 24.4 Å². The van der Waals surface area contributed by atoms with Crippen LogP contribution in [0.15, 0.2) is 30.3 Å². The first-order valence-corrected chi connectivity index (χ1v) is 6.16. The summed E-state index contributed by atoms with van der Waals surface area (Å²) in [7, 11) is 0. The van der Waals surface area contributed by atoms with Crippen molar-refractivity contribution < 1.29 is 0 Å². The first-order valence-electron chi connectivity index (χ1n) is 5.52. The fourth-order valence-electron chi connectivity index (χ4n) is 1.99. The molecule has 0 atom stereocenters. The highest BCUT2D eigenvalue weighted by Gasteiger charge is 2.11. The predicted molar refractivity (Wildman–Crippen MR) is 70.8 cm³/mol. The highest BCUT2D eigenvalue weighted by molar-refractivity contribution is 7.80. The first-order chi connectivity index (χ1) is 7.40. The lowest BCUT2D eigenvalue weighted by molar-refractivity contribution is 0.949. The second-order valence-electron chi connectivity index (χ2n) is 3.87. The number of rotatable bonds is 3. The Balaban J connectivity index is 2.14. The molecule has 2 rings (SSSR count). The Morgan fingerprint density at radius 2 is 2.07 bits per heavy atom. The lowest BCUT2D eigenvalue weighted by Gasteiger charge is -2.17. The van der Waals surface area contributed by atoms with Crippen LogP contribution in [0.3, 0.4) is 0 Å². The molecule has 1 saturated heterocycles. The van der Waals surface area contributed by atoms with Gasteiger partial charge in [0.2, 0.25) is 0 Å². The summed E-state index contributed by atoms with van der Waals surface area (Å²) in [6.45, 7) is 2.42. The molecule has 0 aliphatic carbocycles. The van der Waals surface area contributed by atoms with Gasteiger partial charge in [0.1, 0.15) is 0 Å². The van der Waals surface area contributed by atoms with E-state index >= 15 is 0 Å². The van der Waals surface area contributed by atoms with Gasteiger partial charge < -0.3 is 4.90 Å². The average molecular weight is 219 g/mol. The number of thiol groups is 1. The summed E-state index contributed by atoms with van der Waals surface area (Å²) < 4.78 is 0. The molecule has 15 heavy (non-hydrogen) atoms. The molecule has 0 bridgehead atoms. The van der Waals surface area contributed by atoms with Crippen LogP contribution in [0.4, 0.5) is 5.69 Å². The van der Waals surface area contributed by atoms with E-state index in [1.807, 2.05) is 0 Å². The molecule has 0 aromatic heterocycles. The molecule has 1 aromatic rings. The highest BCUT2D eigenvalue weighted by Crippen LogP contribution is 2.21. The topological polar surface area (TPSA) is 3.24 Å². The Morgan fingerprint density at radius 1 is 1.27 bits per heavy atom. The molecule has 1 nitrogen and oxygen atoms in total. The molecule has 0 N–H and O–H groups in total. The molecule has 1 aromatic carbocycles. The fraction of sp³-hybridized carbons (Fsp3) is 0.385. The zero-order valence-electron chi connectivity index (χ0n) is 8.89. The van der Waals surface area contributed by atoms with Gasteiger partial charge in [-0.05, 0) is 30.5 Å². The molecule has 1 aliphatic rings. The summed E-state index contributed by atoms with van der Waals surface area (Å²) in [6.07, 6.45) is 6.87. The van der Waals surface area contributed by atoms with E-state index in [4.69, 9.17) is 0 Å². The average Bonchev–Trinajstić information content (AvgIpc) is 2.80. The summed E-state index contributed by atoms with van der Waals surface area (Å²) >= 11 is 4.17. The minimum Gasteiger partial charge on any atom is -0.372 e. The summed E-state index contributed by atoms with van der Waals surface area (Å²) in [6, 6.07) is 8.72. The van der Waals surface area contributed by atoms with Gasteiger partial charge in [-0.2, -0.15) is 12.6 Å². The third-order valence-electron chi connectivity index (χ3n) is 2.76. The van der Waals surface area contributed by atoms with Crippen LogP contribution in [0.1, 0.15) is 18.4 Å². The Labute approximate surface area is 97.2 Å². The smallest absolute Gasteiger partial charge is 0.0372 e. The van der Waals surface area contributed by atoms with E-state index in [9.17, 15) is 0 Å². The van der Waals surface area contributed by atoms with Crippen molar-refractivity contribution in [2.45, 2.75) is 12.8 Å². The van der Waals surface area contributed by atoms with Gasteiger partial charge in [-0.1, -0.05) is 24.3 Å². The molecule has 1 aliphatic heterocycles. The van der Waals surface area contributed by atoms with Gasteiger partial charge in [-0.25, -0.2) is 0 Å². The molecule has 2 heteroatoms. The maximum atomic E-state index is 4.17. The van der Waals surface area contributed by atoms with Crippen LogP contribution >= 0.6 is 12.6 Å². The van der Waals surface area contributed by atoms with Crippen molar-refractivity contribution in [3.05, 3.63) is 35.9 Å². The zero-order valence-corrected chi connectivity index (χ0v) is 9.79. The molecule has 0 unspecified atom stereocenters.